The van der Waals surface area contributed by atoms with E-state index in [1.165, 1.54) is 22.7 Å². The Morgan fingerprint density at radius 1 is 1.16 bits per heavy atom. The average Bonchev–Trinajstić information content (AvgIpc) is 3.41. The predicted molar refractivity (Wildman–Crippen MR) is 119 cm³/mol. The number of halogens is 3. The Hall–Kier alpha value is -2.52. The molecular weight excluding hydrogens is 457 g/mol. The molecule has 0 N–H and O–H groups in total. The number of furan rings is 1. The second-order valence-electron chi connectivity index (χ2n) is 7.74. The van der Waals surface area contributed by atoms with Gasteiger partial charge in [-0.25, -0.2) is 4.98 Å². The van der Waals surface area contributed by atoms with Gasteiger partial charge in [0.1, 0.15) is 10.6 Å². The van der Waals surface area contributed by atoms with E-state index in [2.05, 4.69) is 0 Å². The highest BCUT2D eigenvalue weighted by molar-refractivity contribution is 7.98. The average molecular weight is 477 g/mol. The molecule has 0 amide bonds. The van der Waals surface area contributed by atoms with Gasteiger partial charge in [0.05, 0.1) is 23.8 Å². The van der Waals surface area contributed by atoms with Gasteiger partial charge < -0.3 is 4.42 Å². The fourth-order valence-corrected chi connectivity index (χ4v) is 6.26. The Morgan fingerprint density at radius 2 is 2.00 bits per heavy atom. The van der Waals surface area contributed by atoms with Gasteiger partial charge in [0.2, 0.25) is 0 Å². The number of thiophene rings is 1. The summed E-state index contributed by atoms with van der Waals surface area (Å²) in [4.78, 5) is 20.3. The van der Waals surface area contributed by atoms with Crippen molar-refractivity contribution in [1.29, 1.82) is 0 Å². The van der Waals surface area contributed by atoms with Gasteiger partial charge in [0, 0.05) is 10.6 Å². The summed E-state index contributed by atoms with van der Waals surface area (Å²) in [5.41, 5.74) is 0.834. The van der Waals surface area contributed by atoms with Crippen molar-refractivity contribution in [2.24, 2.45) is 0 Å². The molecule has 0 fully saturated rings. The highest BCUT2D eigenvalue weighted by Gasteiger charge is 2.30. The molecule has 0 atom stereocenters. The minimum atomic E-state index is -4.39. The summed E-state index contributed by atoms with van der Waals surface area (Å²) < 4.78 is 46.3. The van der Waals surface area contributed by atoms with E-state index in [-0.39, 0.29) is 17.9 Å². The molecule has 0 radical (unpaired) electrons. The Bertz CT molecular complexity index is 1320. The molecule has 0 unspecified atom stereocenters. The van der Waals surface area contributed by atoms with Gasteiger partial charge in [0.25, 0.3) is 5.56 Å². The Balaban J connectivity index is 1.54. The van der Waals surface area contributed by atoms with Crippen LogP contribution in [-0.2, 0) is 31.3 Å². The summed E-state index contributed by atoms with van der Waals surface area (Å²) in [6.45, 7) is 0.227. The van der Waals surface area contributed by atoms with Crippen molar-refractivity contribution in [1.82, 2.24) is 9.55 Å². The summed E-state index contributed by atoms with van der Waals surface area (Å²) in [6.07, 6.45) is 1.16. The van der Waals surface area contributed by atoms with Crippen LogP contribution < -0.4 is 5.56 Å². The maximum atomic E-state index is 13.5. The lowest BCUT2D eigenvalue weighted by Gasteiger charge is -2.13. The zero-order chi connectivity index (χ0) is 22.3. The summed E-state index contributed by atoms with van der Waals surface area (Å²) >= 11 is 2.83. The van der Waals surface area contributed by atoms with Crippen LogP contribution in [0.3, 0.4) is 0 Å². The number of nitrogens with zero attached hydrogens (tertiary/aromatic N) is 2. The zero-order valence-electron chi connectivity index (χ0n) is 16.9. The van der Waals surface area contributed by atoms with E-state index in [0.29, 0.717) is 26.7 Å². The first-order chi connectivity index (χ1) is 15.4. The molecule has 1 aliphatic rings. The predicted octanol–water partition coefficient (Wildman–Crippen LogP) is 6.29. The third-order valence-electron chi connectivity index (χ3n) is 5.56. The van der Waals surface area contributed by atoms with E-state index in [0.717, 1.165) is 43.4 Å². The van der Waals surface area contributed by atoms with Crippen LogP contribution in [0.5, 0.6) is 0 Å². The molecule has 5 rings (SSSR count). The van der Waals surface area contributed by atoms with Gasteiger partial charge in [-0.1, -0.05) is 30.0 Å². The van der Waals surface area contributed by atoms with Crippen LogP contribution >= 0.6 is 23.1 Å². The van der Waals surface area contributed by atoms with E-state index in [1.807, 2.05) is 0 Å². The summed E-state index contributed by atoms with van der Waals surface area (Å²) in [5, 5.41) is 1.16. The van der Waals surface area contributed by atoms with Crippen molar-refractivity contribution >= 4 is 33.3 Å². The summed E-state index contributed by atoms with van der Waals surface area (Å²) in [7, 11) is 0. The monoisotopic (exact) mass is 476 g/mol. The maximum Gasteiger partial charge on any atom is 0.416 e. The zero-order valence-corrected chi connectivity index (χ0v) is 18.6. The van der Waals surface area contributed by atoms with Crippen molar-refractivity contribution in [3.63, 3.8) is 0 Å². The lowest BCUT2D eigenvalue weighted by molar-refractivity contribution is -0.137. The van der Waals surface area contributed by atoms with Gasteiger partial charge >= 0.3 is 6.18 Å². The standard InChI is InChI=1S/C23H19F3N2O2S2/c24-23(25,26)15-6-3-5-14(11-15)13-31-22-27-20-19(17-8-1-2-9-18(17)32-20)21(29)28(22)12-16-7-4-10-30-16/h3-7,10-11H,1-2,8-9,12-13H2. The van der Waals surface area contributed by atoms with Crippen molar-refractivity contribution in [3.05, 3.63) is 80.3 Å². The van der Waals surface area contributed by atoms with Crippen LogP contribution in [0.15, 0.2) is 57.0 Å². The molecule has 0 saturated carbocycles. The Morgan fingerprint density at radius 3 is 2.78 bits per heavy atom. The third-order valence-corrected chi connectivity index (χ3v) is 7.79. The number of hydrogen-bond acceptors (Lipinski definition) is 5. The van der Waals surface area contributed by atoms with Crippen LogP contribution in [0.1, 0.15) is 40.2 Å². The molecule has 4 nitrogen and oxygen atoms in total. The van der Waals surface area contributed by atoms with Crippen molar-refractivity contribution < 1.29 is 17.6 Å². The summed E-state index contributed by atoms with van der Waals surface area (Å²) in [5.74, 6) is 0.892. The number of aryl methyl sites for hydroxylation is 2. The van der Waals surface area contributed by atoms with Gasteiger partial charge in [-0.3, -0.25) is 9.36 Å². The molecule has 0 saturated heterocycles. The number of alkyl halides is 3. The first kappa shape index (κ1) is 21.3. The van der Waals surface area contributed by atoms with Gasteiger partial charge in [-0.2, -0.15) is 13.2 Å². The normalized spacial score (nSPS) is 14.1. The lowest BCUT2D eigenvalue weighted by Crippen LogP contribution is -2.24. The molecule has 3 aromatic heterocycles. The van der Waals surface area contributed by atoms with Crippen LogP contribution in [0, 0.1) is 0 Å². The third kappa shape index (κ3) is 4.11. The largest absolute Gasteiger partial charge is 0.467 e. The van der Waals surface area contributed by atoms with Crippen molar-refractivity contribution in [2.75, 3.05) is 0 Å². The molecule has 0 aliphatic heterocycles. The van der Waals surface area contributed by atoms with Crippen LogP contribution in [-0.4, -0.2) is 9.55 Å². The number of rotatable bonds is 5. The smallest absolute Gasteiger partial charge is 0.416 e. The number of thioether (sulfide) groups is 1. The molecule has 4 aromatic rings. The van der Waals surface area contributed by atoms with E-state index in [9.17, 15) is 18.0 Å². The van der Waals surface area contributed by atoms with E-state index < -0.39 is 11.7 Å². The van der Waals surface area contributed by atoms with Gasteiger partial charge in [-0.05, 0) is 55.0 Å². The maximum absolute atomic E-state index is 13.5. The van der Waals surface area contributed by atoms with Crippen molar-refractivity contribution in [2.45, 2.75) is 49.3 Å². The quantitative estimate of drug-likeness (QED) is 0.251. The first-order valence-electron chi connectivity index (χ1n) is 10.3. The van der Waals surface area contributed by atoms with Crippen LogP contribution in [0.2, 0.25) is 0 Å². The lowest BCUT2D eigenvalue weighted by atomic mass is 9.97. The molecule has 0 bridgehead atoms. The number of fused-ring (bicyclic) bond motifs is 3. The highest BCUT2D eigenvalue weighted by atomic mass is 32.2. The highest BCUT2D eigenvalue weighted by Crippen LogP contribution is 2.36. The molecule has 1 aromatic carbocycles. The molecule has 32 heavy (non-hydrogen) atoms. The Labute approximate surface area is 190 Å². The fraction of sp³-hybridized carbons (Fsp3) is 0.304. The summed E-state index contributed by atoms with van der Waals surface area (Å²) in [6, 6.07) is 8.80. The van der Waals surface area contributed by atoms with E-state index in [4.69, 9.17) is 9.40 Å². The molecule has 1 aliphatic carbocycles. The minimum Gasteiger partial charge on any atom is -0.467 e. The minimum absolute atomic E-state index is 0.114. The van der Waals surface area contributed by atoms with E-state index in [1.54, 1.807) is 40.4 Å². The SMILES string of the molecule is O=c1c2c3c(sc2nc(SCc2cccc(C(F)(F)F)c2)n1Cc1ccco1)CCCC3. The second kappa shape index (κ2) is 8.44. The van der Waals surface area contributed by atoms with Gasteiger partial charge in [-0.15, -0.1) is 11.3 Å². The number of aromatic nitrogens is 2. The molecular formula is C23H19F3N2O2S2. The topological polar surface area (TPSA) is 48.0 Å². The van der Waals surface area contributed by atoms with Crippen LogP contribution in [0.4, 0.5) is 13.2 Å². The van der Waals surface area contributed by atoms with E-state index >= 15 is 0 Å². The number of hydrogen-bond donors (Lipinski definition) is 0. The molecule has 0 spiro atoms. The van der Waals surface area contributed by atoms with Gasteiger partial charge in [0.15, 0.2) is 5.16 Å². The van der Waals surface area contributed by atoms with Crippen molar-refractivity contribution in [3.8, 4) is 0 Å². The fourth-order valence-electron chi connectivity index (χ4n) is 4.01. The first-order valence-corrected chi connectivity index (χ1v) is 12.1. The molecule has 3 heterocycles. The second-order valence-corrected chi connectivity index (χ2v) is 9.77. The molecule has 9 heteroatoms. The number of benzene rings is 1. The van der Waals surface area contributed by atoms with Crippen LogP contribution in [0.25, 0.3) is 10.2 Å². The Kier molecular flexibility index (Phi) is 5.63. The molecule has 166 valence electrons.